The molecule has 0 aromatic heterocycles. The third-order valence-corrected chi connectivity index (χ3v) is 2.97. The Labute approximate surface area is 136 Å². The quantitative estimate of drug-likeness (QED) is 0.494. The molecule has 2 aromatic carbocycles. The van der Waals surface area contributed by atoms with E-state index >= 15 is 0 Å². The fourth-order valence-corrected chi connectivity index (χ4v) is 1.88. The fourth-order valence-electron chi connectivity index (χ4n) is 1.88. The number of hydrogen-bond acceptors (Lipinski definition) is 6. The summed E-state index contributed by atoms with van der Waals surface area (Å²) >= 11 is 0. The molecule has 0 aliphatic carbocycles. The molecular formula is C16H11N3O5. The minimum atomic E-state index is -0.633. The van der Waals surface area contributed by atoms with E-state index in [0.29, 0.717) is 17.5 Å². The highest BCUT2D eigenvalue weighted by Crippen LogP contribution is 2.22. The van der Waals surface area contributed by atoms with Crippen molar-refractivity contribution in [3.63, 3.8) is 0 Å². The van der Waals surface area contributed by atoms with Crippen LogP contribution in [0.1, 0.15) is 15.9 Å². The van der Waals surface area contributed by atoms with E-state index in [2.05, 4.69) is 5.32 Å². The zero-order chi connectivity index (χ0) is 17.5. The largest absolute Gasteiger partial charge is 0.483 e. The second-order valence-corrected chi connectivity index (χ2v) is 4.63. The van der Waals surface area contributed by atoms with Gasteiger partial charge in [-0.05, 0) is 24.3 Å². The lowest BCUT2D eigenvalue weighted by molar-refractivity contribution is -0.384. The Hall–Kier alpha value is -3.73. The normalized spacial score (nSPS) is 9.62. The lowest BCUT2D eigenvalue weighted by atomic mass is 10.2. The number of non-ortho nitro benzene ring substituents is 1. The molecule has 24 heavy (non-hydrogen) atoms. The molecule has 0 aliphatic rings. The van der Waals surface area contributed by atoms with E-state index in [4.69, 9.17) is 10.00 Å². The monoisotopic (exact) mass is 325 g/mol. The highest BCUT2D eigenvalue weighted by atomic mass is 16.6. The van der Waals surface area contributed by atoms with Crippen molar-refractivity contribution >= 4 is 23.6 Å². The van der Waals surface area contributed by atoms with Crippen LogP contribution in [0.5, 0.6) is 5.75 Å². The maximum absolute atomic E-state index is 11.8. The van der Waals surface area contributed by atoms with Gasteiger partial charge in [-0.15, -0.1) is 0 Å². The number of nitro benzene ring substituents is 1. The van der Waals surface area contributed by atoms with Gasteiger partial charge in [-0.2, -0.15) is 5.26 Å². The summed E-state index contributed by atoms with van der Waals surface area (Å²) in [5.74, 6) is -0.434. The van der Waals surface area contributed by atoms with Crippen molar-refractivity contribution in [1.82, 2.24) is 0 Å². The van der Waals surface area contributed by atoms with Gasteiger partial charge in [-0.3, -0.25) is 19.7 Å². The molecule has 120 valence electrons. The number of carbonyl (C=O) groups excluding carboxylic acids is 2. The van der Waals surface area contributed by atoms with Gasteiger partial charge in [0, 0.05) is 17.8 Å². The third-order valence-electron chi connectivity index (χ3n) is 2.97. The Morgan fingerprint density at radius 2 is 2.12 bits per heavy atom. The van der Waals surface area contributed by atoms with E-state index in [1.807, 2.05) is 6.07 Å². The Balaban J connectivity index is 2.02. The number of nitrogens with zero attached hydrogens (tertiary/aromatic N) is 2. The molecule has 0 atom stereocenters. The average Bonchev–Trinajstić information content (AvgIpc) is 2.59. The van der Waals surface area contributed by atoms with Gasteiger partial charge in [0.15, 0.2) is 12.9 Å². The van der Waals surface area contributed by atoms with Gasteiger partial charge in [-0.25, -0.2) is 0 Å². The van der Waals surface area contributed by atoms with Gasteiger partial charge >= 0.3 is 0 Å². The SMILES string of the molecule is N#Cc1cccc(NC(=O)COc2ccc([N+](=O)[O-])cc2C=O)c1. The summed E-state index contributed by atoms with van der Waals surface area (Å²) in [6, 6.07) is 11.8. The second kappa shape index (κ2) is 7.51. The lowest BCUT2D eigenvalue weighted by Gasteiger charge is -2.09. The Bertz CT molecular complexity index is 842. The number of amides is 1. The molecular weight excluding hydrogens is 314 g/mol. The van der Waals surface area contributed by atoms with Crippen LogP contribution in [0.3, 0.4) is 0 Å². The highest BCUT2D eigenvalue weighted by Gasteiger charge is 2.12. The van der Waals surface area contributed by atoms with Gasteiger partial charge in [0.05, 0.1) is 22.1 Å². The van der Waals surface area contributed by atoms with Crippen LogP contribution < -0.4 is 10.1 Å². The standard InChI is InChI=1S/C16H11N3O5/c17-8-11-2-1-3-13(6-11)18-16(21)10-24-15-5-4-14(19(22)23)7-12(15)9-20/h1-7,9H,10H2,(H,18,21). The molecule has 8 heteroatoms. The molecule has 0 unspecified atom stereocenters. The summed E-state index contributed by atoms with van der Waals surface area (Å²) < 4.78 is 5.22. The van der Waals surface area contributed by atoms with E-state index in [-0.39, 0.29) is 17.0 Å². The molecule has 0 bridgehead atoms. The van der Waals surface area contributed by atoms with E-state index < -0.39 is 17.4 Å². The number of nitrogens with one attached hydrogen (secondary N) is 1. The Kier molecular flexibility index (Phi) is 5.20. The smallest absolute Gasteiger partial charge is 0.270 e. The highest BCUT2D eigenvalue weighted by molar-refractivity contribution is 5.92. The minimum Gasteiger partial charge on any atom is -0.483 e. The number of nitriles is 1. The van der Waals surface area contributed by atoms with Gasteiger partial charge in [0.25, 0.3) is 11.6 Å². The molecule has 0 radical (unpaired) electrons. The fraction of sp³-hybridized carbons (Fsp3) is 0.0625. The van der Waals surface area contributed by atoms with Crippen LogP contribution in [-0.4, -0.2) is 23.7 Å². The first kappa shape index (κ1) is 16.6. The van der Waals surface area contributed by atoms with Crippen molar-refractivity contribution in [3.05, 3.63) is 63.7 Å². The third kappa shape index (κ3) is 4.14. The van der Waals surface area contributed by atoms with Crippen molar-refractivity contribution in [3.8, 4) is 11.8 Å². The number of rotatable bonds is 6. The molecule has 0 spiro atoms. The summed E-state index contributed by atoms with van der Waals surface area (Å²) in [5.41, 5.74) is 0.556. The Morgan fingerprint density at radius 3 is 2.79 bits per heavy atom. The molecule has 0 heterocycles. The number of hydrogen-bond donors (Lipinski definition) is 1. The topological polar surface area (TPSA) is 122 Å². The average molecular weight is 325 g/mol. The number of aldehydes is 1. The Morgan fingerprint density at radius 1 is 1.33 bits per heavy atom. The maximum atomic E-state index is 11.8. The van der Waals surface area contributed by atoms with Crippen LogP contribution in [0.2, 0.25) is 0 Å². The van der Waals surface area contributed by atoms with Gasteiger partial charge in [-0.1, -0.05) is 6.07 Å². The van der Waals surface area contributed by atoms with Crippen molar-refractivity contribution in [1.29, 1.82) is 5.26 Å². The van der Waals surface area contributed by atoms with Crippen LogP contribution in [0.15, 0.2) is 42.5 Å². The van der Waals surface area contributed by atoms with E-state index in [0.717, 1.165) is 6.07 Å². The molecule has 0 fully saturated rings. The molecule has 1 N–H and O–H groups in total. The van der Waals surface area contributed by atoms with Gasteiger partial charge in [0.2, 0.25) is 0 Å². The molecule has 0 saturated heterocycles. The number of nitro groups is 1. The second-order valence-electron chi connectivity index (χ2n) is 4.63. The first-order valence-corrected chi connectivity index (χ1v) is 6.70. The van der Waals surface area contributed by atoms with Crippen LogP contribution in [0.4, 0.5) is 11.4 Å². The summed E-state index contributed by atoms with van der Waals surface area (Å²) in [6.07, 6.45) is 0.413. The van der Waals surface area contributed by atoms with Crippen molar-refractivity contribution in [2.45, 2.75) is 0 Å². The van der Waals surface area contributed by atoms with E-state index in [1.165, 1.54) is 18.2 Å². The number of benzene rings is 2. The van der Waals surface area contributed by atoms with E-state index in [1.54, 1.807) is 18.2 Å². The minimum absolute atomic E-state index is 0.0246. The molecule has 0 saturated carbocycles. The number of anilines is 1. The zero-order valence-corrected chi connectivity index (χ0v) is 12.3. The first-order valence-electron chi connectivity index (χ1n) is 6.70. The summed E-state index contributed by atoms with van der Waals surface area (Å²) in [7, 11) is 0. The predicted octanol–water partition coefficient (Wildman–Crippen LogP) is 2.30. The van der Waals surface area contributed by atoms with Crippen molar-refractivity contribution in [2.75, 3.05) is 11.9 Å². The van der Waals surface area contributed by atoms with Gasteiger partial charge in [0.1, 0.15) is 5.75 Å². The van der Waals surface area contributed by atoms with Crippen LogP contribution in [0, 0.1) is 21.4 Å². The van der Waals surface area contributed by atoms with E-state index in [9.17, 15) is 19.7 Å². The zero-order valence-electron chi connectivity index (χ0n) is 12.3. The first-order chi connectivity index (χ1) is 11.5. The molecule has 0 aliphatic heterocycles. The summed E-state index contributed by atoms with van der Waals surface area (Å²) in [5, 5.41) is 22.0. The number of ether oxygens (including phenoxy) is 1. The maximum Gasteiger partial charge on any atom is 0.270 e. The van der Waals surface area contributed by atoms with Crippen molar-refractivity contribution in [2.24, 2.45) is 0 Å². The summed E-state index contributed by atoms with van der Waals surface area (Å²) in [6.45, 7) is -0.393. The lowest BCUT2D eigenvalue weighted by Crippen LogP contribution is -2.20. The van der Waals surface area contributed by atoms with Crippen molar-refractivity contribution < 1.29 is 19.2 Å². The molecule has 2 aromatic rings. The number of carbonyl (C=O) groups is 2. The van der Waals surface area contributed by atoms with Crippen LogP contribution >= 0.6 is 0 Å². The summed E-state index contributed by atoms with van der Waals surface area (Å²) in [4.78, 5) is 32.8. The molecule has 2 rings (SSSR count). The predicted molar refractivity (Wildman–Crippen MR) is 83.8 cm³/mol. The van der Waals surface area contributed by atoms with Gasteiger partial charge < -0.3 is 10.1 Å². The molecule has 1 amide bonds. The molecule has 8 nitrogen and oxygen atoms in total. The van der Waals surface area contributed by atoms with Crippen LogP contribution in [-0.2, 0) is 4.79 Å². The van der Waals surface area contributed by atoms with Crippen LogP contribution in [0.25, 0.3) is 0 Å².